The van der Waals surface area contributed by atoms with Crippen LogP contribution in [0.25, 0.3) is 0 Å². The van der Waals surface area contributed by atoms with Crippen molar-refractivity contribution in [1.29, 1.82) is 0 Å². The molecule has 1 N–H and O–H groups in total. The number of nitrogens with zero attached hydrogens (tertiary/aromatic N) is 3. The van der Waals surface area contributed by atoms with Gasteiger partial charge in [0.05, 0.1) is 17.4 Å². The third-order valence-electron chi connectivity index (χ3n) is 3.39. The molecule has 2 aromatic heterocycles. The Morgan fingerprint density at radius 3 is 3.35 bits per heavy atom. The summed E-state index contributed by atoms with van der Waals surface area (Å²) in [5.74, 6) is 0. The van der Waals surface area contributed by atoms with E-state index in [2.05, 4.69) is 20.8 Å². The fourth-order valence-corrected chi connectivity index (χ4v) is 3.03. The minimum atomic E-state index is 0.439. The zero-order chi connectivity index (χ0) is 11.7. The Morgan fingerprint density at radius 2 is 2.53 bits per heavy atom. The van der Waals surface area contributed by atoms with E-state index in [9.17, 15) is 0 Å². The first-order valence-electron chi connectivity index (χ1n) is 5.96. The maximum atomic E-state index is 4.36. The first kappa shape index (κ1) is 10.9. The van der Waals surface area contributed by atoms with E-state index in [0.717, 1.165) is 18.7 Å². The van der Waals surface area contributed by atoms with Gasteiger partial charge >= 0.3 is 0 Å². The number of aromatic nitrogens is 3. The van der Waals surface area contributed by atoms with Gasteiger partial charge in [-0.25, -0.2) is 4.98 Å². The summed E-state index contributed by atoms with van der Waals surface area (Å²) in [5, 5.41) is 10.0. The second-order valence-electron chi connectivity index (χ2n) is 4.48. The van der Waals surface area contributed by atoms with Gasteiger partial charge in [0.1, 0.15) is 0 Å². The van der Waals surface area contributed by atoms with Crippen molar-refractivity contribution >= 4 is 11.3 Å². The van der Waals surface area contributed by atoms with Crippen LogP contribution in [0.5, 0.6) is 0 Å². The molecule has 0 fully saturated rings. The highest BCUT2D eigenvalue weighted by atomic mass is 32.1. The molecule has 0 aliphatic heterocycles. The summed E-state index contributed by atoms with van der Waals surface area (Å²) in [6, 6.07) is 0.439. The first-order valence-corrected chi connectivity index (χ1v) is 6.90. The molecule has 17 heavy (non-hydrogen) atoms. The van der Waals surface area contributed by atoms with Crippen LogP contribution in [0.4, 0.5) is 0 Å². The highest BCUT2D eigenvalue weighted by molar-refractivity contribution is 7.07. The molecule has 0 aromatic carbocycles. The van der Waals surface area contributed by atoms with Gasteiger partial charge in [-0.1, -0.05) is 0 Å². The second-order valence-corrected chi connectivity index (χ2v) is 5.19. The zero-order valence-electron chi connectivity index (χ0n) is 9.89. The van der Waals surface area contributed by atoms with Gasteiger partial charge in [-0.15, -0.1) is 11.3 Å². The molecule has 1 aliphatic rings. The largest absolute Gasteiger partial charge is 0.304 e. The fourth-order valence-electron chi connectivity index (χ4n) is 2.47. The van der Waals surface area contributed by atoms with Crippen LogP contribution in [0.15, 0.2) is 17.1 Å². The average molecular weight is 248 g/mol. The van der Waals surface area contributed by atoms with Crippen molar-refractivity contribution in [3.8, 4) is 0 Å². The molecule has 0 bridgehead atoms. The van der Waals surface area contributed by atoms with Crippen molar-refractivity contribution in [3.63, 3.8) is 0 Å². The van der Waals surface area contributed by atoms with Crippen molar-refractivity contribution in [1.82, 2.24) is 20.1 Å². The van der Waals surface area contributed by atoms with Gasteiger partial charge in [-0.05, 0) is 19.3 Å². The standard InChI is InChI=1S/C12H16N4S/c1-16-12-4-2-3-11(10(12)6-15-16)13-5-9-7-17-8-14-9/h6-8,11,13H,2-5H2,1H3. The van der Waals surface area contributed by atoms with Crippen LogP contribution >= 0.6 is 11.3 Å². The van der Waals surface area contributed by atoms with Gasteiger partial charge in [-0.2, -0.15) is 5.10 Å². The third-order valence-corrected chi connectivity index (χ3v) is 4.02. The van der Waals surface area contributed by atoms with Crippen molar-refractivity contribution in [2.45, 2.75) is 31.8 Å². The molecule has 1 unspecified atom stereocenters. The lowest BCUT2D eigenvalue weighted by molar-refractivity contribution is 0.450. The molecule has 1 atom stereocenters. The monoisotopic (exact) mass is 248 g/mol. The van der Waals surface area contributed by atoms with E-state index < -0.39 is 0 Å². The normalized spacial score (nSPS) is 19.2. The van der Waals surface area contributed by atoms with E-state index >= 15 is 0 Å². The molecule has 2 aromatic rings. The van der Waals surface area contributed by atoms with Gasteiger partial charge in [0.15, 0.2) is 0 Å². The van der Waals surface area contributed by atoms with Gasteiger partial charge in [0.25, 0.3) is 0 Å². The van der Waals surface area contributed by atoms with E-state index in [0.29, 0.717) is 6.04 Å². The predicted molar refractivity (Wildman–Crippen MR) is 67.8 cm³/mol. The maximum absolute atomic E-state index is 4.36. The Labute approximate surface area is 105 Å². The maximum Gasteiger partial charge on any atom is 0.0795 e. The lowest BCUT2D eigenvalue weighted by Crippen LogP contribution is -2.25. The Bertz CT molecular complexity index is 489. The highest BCUT2D eigenvalue weighted by Gasteiger charge is 2.22. The number of nitrogens with one attached hydrogen (secondary N) is 1. The van der Waals surface area contributed by atoms with E-state index in [1.165, 1.54) is 24.1 Å². The lowest BCUT2D eigenvalue weighted by atomic mass is 9.93. The van der Waals surface area contributed by atoms with Crippen molar-refractivity contribution < 1.29 is 0 Å². The molecule has 2 heterocycles. The molecule has 0 saturated heterocycles. The molecule has 3 rings (SSSR count). The molecule has 5 heteroatoms. The Balaban J connectivity index is 1.72. The number of hydrogen-bond donors (Lipinski definition) is 1. The van der Waals surface area contributed by atoms with E-state index in [4.69, 9.17) is 0 Å². The van der Waals surface area contributed by atoms with Crippen molar-refractivity contribution in [2.24, 2.45) is 7.05 Å². The minimum absolute atomic E-state index is 0.439. The number of thiazole rings is 1. The van der Waals surface area contributed by atoms with Crippen LogP contribution in [-0.4, -0.2) is 14.8 Å². The number of rotatable bonds is 3. The summed E-state index contributed by atoms with van der Waals surface area (Å²) in [6.07, 6.45) is 5.60. The molecule has 1 aliphatic carbocycles. The van der Waals surface area contributed by atoms with Crippen LogP contribution in [-0.2, 0) is 20.0 Å². The topological polar surface area (TPSA) is 42.7 Å². The highest BCUT2D eigenvalue weighted by Crippen LogP contribution is 2.29. The summed E-state index contributed by atoms with van der Waals surface area (Å²) in [5.41, 5.74) is 5.76. The lowest BCUT2D eigenvalue weighted by Gasteiger charge is -2.23. The average Bonchev–Trinajstić information content (AvgIpc) is 2.97. The third kappa shape index (κ3) is 2.12. The quantitative estimate of drug-likeness (QED) is 0.904. The molecular weight excluding hydrogens is 232 g/mol. The molecule has 0 spiro atoms. The summed E-state index contributed by atoms with van der Waals surface area (Å²) >= 11 is 1.65. The zero-order valence-corrected chi connectivity index (χ0v) is 10.7. The minimum Gasteiger partial charge on any atom is -0.304 e. The van der Waals surface area contributed by atoms with Gasteiger partial charge in [0.2, 0.25) is 0 Å². The number of hydrogen-bond acceptors (Lipinski definition) is 4. The molecule has 0 saturated carbocycles. The summed E-state index contributed by atoms with van der Waals surface area (Å²) in [4.78, 5) is 4.30. The van der Waals surface area contributed by atoms with E-state index in [1.807, 2.05) is 23.4 Å². The summed E-state index contributed by atoms with van der Waals surface area (Å²) < 4.78 is 2.01. The van der Waals surface area contributed by atoms with Gasteiger partial charge in [0, 0.05) is 36.3 Å². The summed E-state index contributed by atoms with van der Waals surface area (Å²) in [7, 11) is 2.03. The van der Waals surface area contributed by atoms with E-state index in [1.54, 1.807) is 11.3 Å². The van der Waals surface area contributed by atoms with E-state index in [-0.39, 0.29) is 0 Å². The van der Waals surface area contributed by atoms with Crippen LogP contribution in [0, 0.1) is 0 Å². The van der Waals surface area contributed by atoms with Crippen molar-refractivity contribution in [2.75, 3.05) is 0 Å². The van der Waals surface area contributed by atoms with Crippen LogP contribution < -0.4 is 5.32 Å². The molecule has 90 valence electrons. The Hall–Kier alpha value is -1.20. The van der Waals surface area contributed by atoms with Crippen LogP contribution in [0.1, 0.15) is 35.8 Å². The Kier molecular flexibility index (Phi) is 2.94. The smallest absolute Gasteiger partial charge is 0.0795 e. The SMILES string of the molecule is Cn1ncc2c1CCCC2NCc1cscn1. The molecule has 0 radical (unpaired) electrons. The first-order chi connectivity index (χ1) is 8.34. The number of fused-ring (bicyclic) bond motifs is 1. The predicted octanol–water partition coefficient (Wildman–Crippen LogP) is 2.04. The molecular formula is C12H16N4S. The fraction of sp³-hybridized carbons (Fsp3) is 0.500. The molecule has 4 nitrogen and oxygen atoms in total. The second kappa shape index (κ2) is 4.58. The Morgan fingerprint density at radius 1 is 1.59 bits per heavy atom. The van der Waals surface area contributed by atoms with Gasteiger partial charge < -0.3 is 5.32 Å². The number of aryl methyl sites for hydroxylation is 1. The van der Waals surface area contributed by atoms with Gasteiger partial charge in [-0.3, -0.25) is 4.68 Å². The van der Waals surface area contributed by atoms with Crippen LogP contribution in [0.3, 0.4) is 0 Å². The molecule has 0 amide bonds. The summed E-state index contributed by atoms with van der Waals surface area (Å²) in [6.45, 7) is 0.850. The van der Waals surface area contributed by atoms with Crippen molar-refractivity contribution in [3.05, 3.63) is 34.0 Å². The van der Waals surface area contributed by atoms with Crippen LogP contribution in [0.2, 0.25) is 0 Å².